The molecule has 2 N–H and O–H groups in total. The SMILES string of the molecule is CCc1nnc(NCC2CCNC2)c(C#N)c1CC. The van der Waals surface area contributed by atoms with Gasteiger partial charge < -0.3 is 10.6 Å². The zero-order chi connectivity index (χ0) is 13.7. The fraction of sp³-hybridized carbons (Fsp3) is 0.643. The van der Waals surface area contributed by atoms with Crippen LogP contribution in [0, 0.1) is 17.2 Å². The van der Waals surface area contributed by atoms with Gasteiger partial charge in [0.15, 0.2) is 5.82 Å². The minimum absolute atomic E-state index is 0.615. The summed E-state index contributed by atoms with van der Waals surface area (Å²) in [7, 11) is 0. The van der Waals surface area contributed by atoms with E-state index >= 15 is 0 Å². The van der Waals surface area contributed by atoms with Gasteiger partial charge in [-0.3, -0.25) is 0 Å². The molecule has 19 heavy (non-hydrogen) atoms. The molecule has 1 fully saturated rings. The normalized spacial score (nSPS) is 18.3. The molecule has 2 heterocycles. The number of hydrogen-bond acceptors (Lipinski definition) is 5. The molecular formula is C14H21N5. The van der Waals surface area contributed by atoms with Crippen LogP contribution in [-0.4, -0.2) is 29.8 Å². The minimum atomic E-state index is 0.615. The van der Waals surface area contributed by atoms with Crippen molar-refractivity contribution in [2.75, 3.05) is 25.0 Å². The van der Waals surface area contributed by atoms with Gasteiger partial charge in [0, 0.05) is 6.54 Å². The molecule has 1 atom stereocenters. The molecule has 1 unspecified atom stereocenters. The van der Waals surface area contributed by atoms with Gasteiger partial charge in [0.2, 0.25) is 0 Å². The molecule has 5 nitrogen and oxygen atoms in total. The van der Waals surface area contributed by atoms with Crippen LogP contribution < -0.4 is 10.6 Å². The van der Waals surface area contributed by atoms with E-state index < -0.39 is 0 Å². The van der Waals surface area contributed by atoms with Crippen LogP contribution in [0.4, 0.5) is 5.82 Å². The highest BCUT2D eigenvalue weighted by molar-refractivity contribution is 5.56. The smallest absolute Gasteiger partial charge is 0.166 e. The summed E-state index contributed by atoms with van der Waals surface area (Å²) < 4.78 is 0. The highest BCUT2D eigenvalue weighted by atomic mass is 15.2. The maximum absolute atomic E-state index is 9.37. The predicted molar refractivity (Wildman–Crippen MR) is 75.0 cm³/mol. The van der Waals surface area contributed by atoms with E-state index in [2.05, 4.69) is 33.8 Å². The molecular weight excluding hydrogens is 238 g/mol. The van der Waals surface area contributed by atoms with Crippen molar-refractivity contribution in [1.29, 1.82) is 5.26 Å². The Morgan fingerprint density at radius 3 is 2.79 bits per heavy atom. The number of hydrogen-bond donors (Lipinski definition) is 2. The lowest BCUT2D eigenvalue weighted by atomic mass is 10.0. The van der Waals surface area contributed by atoms with Gasteiger partial charge in [0.05, 0.1) is 5.69 Å². The molecule has 5 heteroatoms. The van der Waals surface area contributed by atoms with Gasteiger partial charge in [-0.25, -0.2) is 0 Å². The zero-order valence-electron chi connectivity index (χ0n) is 11.7. The average molecular weight is 259 g/mol. The zero-order valence-corrected chi connectivity index (χ0v) is 11.7. The fourth-order valence-electron chi connectivity index (χ4n) is 2.55. The molecule has 0 aromatic carbocycles. The maximum atomic E-state index is 9.37. The quantitative estimate of drug-likeness (QED) is 0.838. The van der Waals surface area contributed by atoms with Crippen LogP contribution in [-0.2, 0) is 12.8 Å². The Morgan fingerprint density at radius 1 is 1.37 bits per heavy atom. The van der Waals surface area contributed by atoms with Crippen molar-refractivity contribution < 1.29 is 0 Å². The van der Waals surface area contributed by atoms with E-state index in [0.717, 1.165) is 43.7 Å². The second-order valence-corrected chi connectivity index (χ2v) is 4.91. The van der Waals surface area contributed by atoms with E-state index in [9.17, 15) is 5.26 Å². The van der Waals surface area contributed by atoms with Crippen molar-refractivity contribution in [3.05, 3.63) is 16.8 Å². The van der Waals surface area contributed by atoms with Gasteiger partial charge in [-0.1, -0.05) is 13.8 Å². The highest BCUT2D eigenvalue weighted by Gasteiger charge is 2.17. The Morgan fingerprint density at radius 2 is 2.21 bits per heavy atom. The molecule has 1 aromatic rings. The summed E-state index contributed by atoms with van der Waals surface area (Å²) in [5.41, 5.74) is 2.64. The number of rotatable bonds is 5. The second-order valence-electron chi connectivity index (χ2n) is 4.91. The van der Waals surface area contributed by atoms with Gasteiger partial charge in [0.25, 0.3) is 0 Å². The first-order valence-corrected chi connectivity index (χ1v) is 7.03. The summed E-state index contributed by atoms with van der Waals surface area (Å²) in [6.45, 7) is 7.07. The molecule has 1 aromatic heterocycles. The van der Waals surface area contributed by atoms with Crippen molar-refractivity contribution in [1.82, 2.24) is 15.5 Å². The van der Waals surface area contributed by atoms with E-state index in [1.165, 1.54) is 6.42 Å². The molecule has 1 saturated heterocycles. The van der Waals surface area contributed by atoms with Gasteiger partial charge in [-0.05, 0) is 43.8 Å². The topological polar surface area (TPSA) is 73.6 Å². The van der Waals surface area contributed by atoms with Gasteiger partial charge >= 0.3 is 0 Å². The summed E-state index contributed by atoms with van der Waals surface area (Å²) in [5.74, 6) is 1.26. The third-order valence-corrected chi connectivity index (χ3v) is 3.68. The Hall–Kier alpha value is -1.67. The molecule has 0 spiro atoms. The van der Waals surface area contributed by atoms with E-state index in [1.807, 2.05) is 6.92 Å². The largest absolute Gasteiger partial charge is 0.367 e. The average Bonchev–Trinajstić information content (AvgIpc) is 2.96. The first kappa shape index (κ1) is 13.8. The van der Waals surface area contributed by atoms with Gasteiger partial charge in [-0.15, -0.1) is 5.10 Å². The summed E-state index contributed by atoms with van der Waals surface area (Å²) in [4.78, 5) is 0. The van der Waals surface area contributed by atoms with Crippen molar-refractivity contribution in [2.45, 2.75) is 33.1 Å². The predicted octanol–water partition coefficient (Wildman–Crippen LogP) is 1.49. The van der Waals surface area contributed by atoms with Crippen LogP contribution in [0.5, 0.6) is 0 Å². The highest BCUT2D eigenvalue weighted by Crippen LogP contribution is 2.20. The minimum Gasteiger partial charge on any atom is -0.367 e. The third kappa shape index (κ3) is 3.02. The molecule has 0 bridgehead atoms. The van der Waals surface area contributed by atoms with E-state index in [0.29, 0.717) is 17.3 Å². The number of nitrogens with one attached hydrogen (secondary N) is 2. The van der Waals surface area contributed by atoms with E-state index in [1.54, 1.807) is 0 Å². The Bertz CT molecular complexity index is 471. The third-order valence-electron chi connectivity index (χ3n) is 3.68. The molecule has 1 aliphatic rings. The fourth-order valence-corrected chi connectivity index (χ4v) is 2.55. The van der Waals surface area contributed by atoms with E-state index in [-0.39, 0.29) is 0 Å². The van der Waals surface area contributed by atoms with Crippen LogP contribution in [0.2, 0.25) is 0 Å². The molecule has 0 aliphatic carbocycles. The Labute approximate surface area is 114 Å². The van der Waals surface area contributed by atoms with Crippen LogP contribution in [0.1, 0.15) is 37.1 Å². The molecule has 2 rings (SSSR count). The van der Waals surface area contributed by atoms with Crippen LogP contribution in [0.3, 0.4) is 0 Å². The number of nitriles is 1. The molecule has 102 valence electrons. The van der Waals surface area contributed by atoms with Gasteiger partial charge in [0.1, 0.15) is 11.6 Å². The molecule has 0 radical (unpaired) electrons. The van der Waals surface area contributed by atoms with E-state index in [4.69, 9.17) is 0 Å². The number of nitrogens with zero attached hydrogens (tertiary/aromatic N) is 3. The monoisotopic (exact) mass is 259 g/mol. The van der Waals surface area contributed by atoms with Crippen molar-refractivity contribution >= 4 is 5.82 Å². The maximum Gasteiger partial charge on any atom is 0.166 e. The lowest BCUT2D eigenvalue weighted by Crippen LogP contribution is -2.19. The van der Waals surface area contributed by atoms with Crippen LogP contribution in [0.15, 0.2) is 0 Å². The number of anilines is 1. The standard InChI is InChI=1S/C14H21N5/c1-3-11-12(7-15)14(19-18-13(11)4-2)17-9-10-5-6-16-8-10/h10,16H,3-6,8-9H2,1-2H3,(H,17,19). The van der Waals surface area contributed by atoms with Crippen molar-refractivity contribution in [2.24, 2.45) is 5.92 Å². The van der Waals surface area contributed by atoms with Crippen molar-refractivity contribution in [3.63, 3.8) is 0 Å². The lowest BCUT2D eigenvalue weighted by Gasteiger charge is -2.14. The van der Waals surface area contributed by atoms with Crippen LogP contribution in [0.25, 0.3) is 0 Å². The second kappa shape index (κ2) is 6.48. The Balaban J connectivity index is 2.17. The molecule has 0 amide bonds. The van der Waals surface area contributed by atoms with Gasteiger partial charge in [-0.2, -0.15) is 10.4 Å². The first-order valence-electron chi connectivity index (χ1n) is 7.03. The summed E-state index contributed by atoms with van der Waals surface area (Å²) in [6.07, 6.45) is 2.81. The summed E-state index contributed by atoms with van der Waals surface area (Å²) in [6, 6.07) is 2.28. The number of aryl methyl sites for hydroxylation is 1. The van der Waals surface area contributed by atoms with Crippen molar-refractivity contribution in [3.8, 4) is 6.07 Å². The Kier molecular flexibility index (Phi) is 4.69. The summed E-state index contributed by atoms with van der Waals surface area (Å²) >= 11 is 0. The molecule has 1 aliphatic heterocycles. The molecule has 0 saturated carbocycles. The number of aromatic nitrogens is 2. The first-order chi connectivity index (χ1) is 9.30. The van der Waals surface area contributed by atoms with Crippen LogP contribution >= 0.6 is 0 Å². The lowest BCUT2D eigenvalue weighted by molar-refractivity contribution is 0.613. The summed E-state index contributed by atoms with van der Waals surface area (Å²) in [5, 5.41) is 24.4.